The van der Waals surface area contributed by atoms with Crippen molar-refractivity contribution >= 4 is 10.0 Å². The van der Waals surface area contributed by atoms with Crippen LogP contribution in [0.2, 0.25) is 0 Å². The second-order valence-corrected chi connectivity index (χ2v) is 7.03. The molecule has 8 heteroatoms. The SMILES string of the molecule is COc1ccccc1-c1noc(C(C)NS(=O)(=O)c2ccccc2)n1. The Bertz CT molecular complexity index is 955. The number of aromatic nitrogens is 2. The van der Waals surface area contributed by atoms with Crippen LogP contribution in [-0.4, -0.2) is 25.7 Å². The van der Waals surface area contributed by atoms with Crippen molar-refractivity contribution in [2.24, 2.45) is 0 Å². The summed E-state index contributed by atoms with van der Waals surface area (Å²) in [5, 5.41) is 3.92. The van der Waals surface area contributed by atoms with Crippen molar-refractivity contribution in [3.8, 4) is 17.1 Å². The largest absolute Gasteiger partial charge is 0.496 e. The summed E-state index contributed by atoms with van der Waals surface area (Å²) in [6.07, 6.45) is 0. The van der Waals surface area contributed by atoms with Gasteiger partial charge in [0.1, 0.15) is 5.75 Å². The van der Waals surface area contributed by atoms with Crippen molar-refractivity contribution < 1.29 is 17.7 Å². The number of ether oxygens (including phenoxy) is 1. The van der Waals surface area contributed by atoms with E-state index in [-0.39, 0.29) is 10.8 Å². The number of rotatable bonds is 6. The Morgan fingerprint density at radius 1 is 1.08 bits per heavy atom. The molecule has 25 heavy (non-hydrogen) atoms. The van der Waals surface area contributed by atoms with Crippen LogP contribution >= 0.6 is 0 Å². The average Bonchev–Trinajstić information content (AvgIpc) is 3.12. The van der Waals surface area contributed by atoms with E-state index in [9.17, 15) is 8.42 Å². The molecule has 3 aromatic rings. The molecule has 0 amide bonds. The van der Waals surface area contributed by atoms with Crippen LogP contribution in [0.5, 0.6) is 5.75 Å². The third kappa shape index (κ3) is 3.70. The molecule has 0 aliphatic rings. The lowest BCUT2D eigenvalue weighted by Crippen LogP contribution is -2.27. The van der Waals surface area contributed by atoms with Gasteiger partial charge in [0, 0.05) is 0 Å². The molecule has 0 spiro atoms. The predicted molar refractivity (Wildman–Crippen MR) is 91.5 cm³/mol. The molecule has 0 aliphatic heterocycles. The highest BCUT2D eigenvalue weighted by atomic mass is 32.2. The number of methoxy groups -OCH3 is 1. The van der Waals surface area contributed by atoms with Crippen LogP contribution in [0.15, 0.2) is 64.0 Å². The molecule has 1 N–H and O–H groups in total. The highest BCUT2D eigenvalue weighted by Crippen LogP contribution is 2.28. The lowest BCUT2D eigenvalue weighted by Gasteiger charge is -2.10. The van der Waals surface area contributed by atoms with E-state index in [0.717, 1.165) is 0 Å². The van der Waals surface area contributed by atoms with Gasteiger partial charge in [0.15, 0.2) is 0 Å². The normalized spacial score (nSPS) is 12.7. The third-order valence-corrected chi connectivity index (χ3v) is 5.10. The van der Waals surface area contributed by atoms with Crippen molar-refractivity contribution in [2.45, 2.75) is 17.9 Å². The number of hydrogen-bond donors (Lipinski definition) is 1. The Kier molecular flexibility index (Phi) is 4.82. The summed E-state index contributed by atoms with van der Waals surface area (Å²) in [7, 11) is -2.13. The zero-order chi connectivity index (χ0) is 17.9. The summed E-state index contributed by atoms with van der Waals surface area (Å²) in [4.78, 5) is 4.45. The minimum absolute atomic E-state index is 0.167. The highest BCUT2D eigenvalue weighted by Gasteiger charge is 2.23. The number of nitrogens with zero attached hydrogens (tertiary/aromatic N) is 2. The Hall–Kier alpha value is -2.71. The van der Waals surface area contributed by atoms with Crippen LogP contribution in [0.4, 0.5) is 0 Å². The first-order valence-corrected chi connectivity index (χ1v) is 9.04. The summed E-state index contributed by atoms with van der Waals surface area (Å²) in [6, 6.07) is 14.7. The molecule has 0 saturated heterocycles. The van der Waals surface area contributed by atoms with Crippen LogP contribution < -0.4 is 9.46 Å². The first-order valence-electron chi connectivity index (χ1n) is 7.55. The lowest BCUT2D eigenvalue weighted by atomic mass is 10.2. The molecule has 1 atom stereocenters. The molecule has 1 aromatic heterocycles. The number of hydrogen-bond acceptors (Lipinski definition) is 6. The molecule has 0 radical (unpaired) electrons. The standard InChI is InChI=1S/C17H17N3O4S/c1-12(20-25(21,22)13-8-4-3-5-9-13)17-18-16(19-24-17)14-10-6-7-11-15(14)23-2/h3-12,20H,1-2H3. The predicted octanol–water partition coefficient (Wildman–Crippen LogP) is 2.78. The average molecular weight is 359 g/mol. The Labute approximate surface area is 145 Å². The minimum Gasteiger partial charge on any atom is -0.496 e. The van der Waals surface area contributed by atoms with Crippen molar-refractivity contribution in [3.05, 3.63) is 60.5 Å². The van der Waals surface area contributed by atoms with Crippen LogP contribution in [0.3, 0.4) is 0 Å². The van der Waals surface area contributed by atoms with E-state index in [1.807, 2.05) is 12.1 Å². The topological polar surface area (TPSA) is 94.3 Å². The molecule has 2 aromatic carbocycles. The first-order chi connectivity index (χ1) is 12.0. The lowest BCUT2D eigenvalue weighted by molar-refractivity contribution is 0.353. The van der Waals surface area contributed by atoms with Crippen molar-refractivity contribution in [2.75, 3.05) is 7.11 Å². The maximum Gasteiger partial charge on any atom is 0.244 e. The second-order valence-electron chi connectivity index (χ2n) is 5.31. The Morgan fingerprint density at radius 3 is 2.48 bits per heavy atom. The summed E-state index contributed by atoms with van der Waals surface area (Å²) in [5.41, 5.74) is 0.665. The van der Waals surface area contributed by atoms with Gasteiger partial charge in [-0.25, -0.2) is 8.42 Å². The molecular weight excluding hydrogens is 342 g/mol. The molecule has 0 aliphatic carbocycles. The van der Waals surface area contributed by atoms with Crippen LogP contribution in [0.1, 0.15) is 18.9 Å². The maximum absolute atomic E-state index is 12.4. The molecular formula is C17H17N3O4S. The van der Waals surface area contributed by atoms with Crippen molar-refractivity contribution in [3.63, 3.8) is 0 Å². The molecule has 0 saturated carbocycles. The molecule has 7 nitrogen and oxygen atoms in total. The van der Waals surface area contributed by atoms with Crippen LogP contribution in [-0.2, 0) is 10.0 Å². The first kappa shape index (κ1) is 17.1. The van der Waals surface area contributed by atoms with Gasteiger partial charge in [-0.3, -0.25) is 0 Å². The minimum atomic E-state index is -3.68. The van der Waals surface area contributed by atoms with E-state index in [1.54, 1.807) is 44.4 Å². The number of benzene rings is 2. The third-order valence-electron chi connectivity index (χ3n) is 3.55. The zero-order valence-corrected chi connectivity index (χ0v) is 14.5. The van der Waals surface area contributed by atoms with Gasteiger partial charge in [-0.05, 0) is 31.2 Å². The Morgan fingerprint density at radius 2 is 1.76 bits per heavy atom. The van der Waals surface area contributed by atoms with Gasteiger partial charge in [0.25, 0.3) is 0 Å². The number of sulfonamides is 1. The molecule has 0 fully saturated rings. The number of para-hydroxylation sites is 1. The maximum atomic E-state index is 12.4. The van der Waals surface area contributed by atoms with Crippen molar-refractivity contribution in [1.29, 1.82) is 0 Å². The molecule has 130 valence electrons. The fraction of sp³-hybridized carbons (Fsp3) is 0.176. The van der Waals surface area contributed by atoms with E-state index in [1.165, 1.54) is 12.1 Å². The summed E-state index contributed by atoms with van der Waals surface area (Å²) < 4.78 is 37.8. The Balaban J connectivity index is 1.83. The van der Waals surface area contributed by atoms with E-state index >= 15 is 0 Å². The summed E-state index contributed by atoms with van der Waals surface area (Å²) in [6.45, 7) is 1.64. The van der Waals surface area contributed by atoms with E-state index < -0.39 is 16.1 Å². The quantitative estimate of drug-likeness (QED) is 0.727. The summed E-state index contributed by atoms with van der Waals surface area (Å²) >= 11 is 0. The second kappa shape index (κ2) is 7.04. The zero-order valence-electron chi connectivity index (χ0n) is 13.7. The summed E-state index contributed by atoms with van der Waals surface area (Å²) in [5.74, 6) is 1.10. The molecule has 1 heterocycles. The monoisotopic (exact) mass is 359 g/mol. The fourth-order valence-electron chi connectivity index (χ4n) is 2.30. The van der Waals surface area contributed by atoms with Gasteiger partial charge >= 0.3 is 0 Å². The smallest absolute Gasteiger partial charge is 0.244 e. The van der Waals surface area contributed by atoms with Gasteiger partial charge in [-0.1, -0.05) is 35.5 Å². The number of nitrogens with one attached hydrogen (secondary N) is 1. The van der Waals surface area contributed by atoms with Crippen LogP contribution in [0.25, 0.3) is 11.4 Å². The molecule has 3 rings (SSSR count). The van der Waals surface area contributed by atoms with Gasteiger partial charge in [0.05, 0.1) is 23.6 Å². The van der Waals surface area contributed by atoms with Crippen LogP contribution in [0, 0.1) is 0 Å². The van der Waals surface area contributed by atoms with Gasteiger partial charge in [0.2, 0.25) is 21.7 Å². The van der Waals surface area contributed by atoms with Crippen molar-refractivity contribution in [1.82, 2.24) is 14.9 Å². The fourth-order valence-corrected chi connectivity index (χ4v) is 3.52. The van der Waals surface area contributed by atoms with E-state index in [0.29, 0.717) is 17.1 Å². The van der Waals surface area contributed by atoms with E-state index in [4.69, 9.17) is 9.26 Å². The van der Waals surface area contributed by atoms with Gasteiger partial charge in [-0.2, -0.15) is 9.71 Å². The highest BCUT2D eigenvalue weighted by molar-refractivity contribution is 7.89. The molecule has 0 bridgehead atoms. The van der Waals surface area contributed by atoms with Gasteiger partial charge < -0.3 is 9.26 Å². The van der Waals surface area contributed by atoms with Gasteiger partial charge in [-0.15, -0.1) is 0 Å². The van der Waals surface area contributed by atoms with E-state index in [2.05, 4.69) is 14.9 Å². The molecule has 1 unspecified atom stereocenters.